The fraction of sp³-hybridized carbons (Fsp3) is 0.190. The minimum Gasteiger partial charge on any atom is -0.478 e. The Kier molecular flexibility index (Phi) is 5.66. The Morgan fingerprint density at radius 3 is 2.59 bits per heavy atom. The summed E-state index contributed by atoms with van der Waals surface area (Å²) in [5, 5.41) is 13.7. The number of allylic oxidation sites excluding steroid dienone is 2. The van der Waals surface area contributed by atoms with Crippen molar-refractivity contribution in [2.24, 2.45) is 0 Å². The number of carboxylic acids is 1. The van der Waals surface area contributed by atoms with Crippen molar-refractivity contribution in [3.8, 4) is 17.1 Å². The Hall–Kier alpha value is -3.41. The molecular weight excluding hydrogens is 342 g/mol. The summed E-state index contributed by atoms with van der Waals surface area (Å²) < 4.78 is 6.96. The van der Waals surface area contributed by atoms with E-state index in [1.54, 1.807) is 19.2 Å². The van der Waals surface area contributed by atoms with Gasteiger partial charge in [-0.15, -0.1) is 5.10 Å². The van der Waals surface area contributed by atoms with Crippen LogP contribution in [0.5, 0.6) is 6.01 Å². The molecule has 0 aliphatic heterocycles. The van der Waals surface area contributed by atoms with Gasteiger partial charge in [0, 0.05) is 6.42 Å². The van der Waals surface area contributed by atoms with Crippen molar-refractivity contribution >= 4 is 5.97 Å². The van der Waals surface area contributed by atoms with Gasteiger partial charge in [0.2, 0.25) is 0 Å². The van der Waals surface area contributed by atoms with Crippen LogP contribution in [-0.2, 0) is 13.0 Å². The maximum Gasteiger partial charge on any atom is 0.336 e. The van der Waals surface area contributed by atoms with E-state index in [0.717, 1.165) is 17.0 Å². The number of benzene rings is 2. The third-order valence-corrected chi connectivity index (χ3v) is 4.20. The normalized spacial score (nSPS) is 11.0. The zero-order valence-electron chi connectivity index (χ0n) is 15.3. The smallest absolute Gasteiger partial charge is 0.336 e. The predicted octanol–water partition coefficient (Wildman–Crippen LogP) is 3.82. The Morgan fingerprint density at radius 1 is 1.19 bits per heavy atom. The summed E-state index contributed by atoms with van der Waals surface area (Å²) in [6, 6.07) is 15.1. The van der Waals surface area contributed by atoms with E-state index < -0.39 is 5.97 Å². The van der Waals surface area contributed by atoms with Gasteiger partial charge in [-0.05, 0) is 29.7 Å². The third-order valence-electron chi connectivity index (χ3n) is 4.20. The highest BCUT2D eigenvalue weighted by molar-refractivity contribution is 5.95. The van der Waals surface area contributed by atoms with Crippen LogP contribution in [0.2, 0.25) is 0 Å². The molecule has 27 heavy (non-hydrogen) atoms. The largest absolute Gasteiger partial charge is 0.478 e. The van der Waals surface area contributed by atoms with Crippen LogP contribution in [0.4, 0.5) is 0 Å². The molecule has 6 heteroatoms. The number of aromatic carboxylic acids is 1. The lowest BCUT2D eigenvalue weighted by atomic mass is 9.99. The predicted molar refractivity (Wildman–Crippen MR) is 103 cm³/mol. The van der Waals surface area contributed by atoms with E-state index in [4.69, 9.17) is 4.74 Å². The number of ether oxygens (including phenoxy) is 1. The van der Waals surface area contributed by atoms with Crippen molar-refractivity contribution < 1.29 is 14.6 Å². The molecule has 6 nitrogen and oxygen atoms in total. The second kappa shape index (κ2) is 8.31. The van der Waals surface area contributed by atoms with E-state index in [9.17, 15) is 9.90 Å². The van der Waals surface area contributed by atoms with Gasteiger partial charge in [0.15, 0.2) is 0 Å². The van der Waals surface area contributed by atoms with Gasteiger partial charge in [-0.2, -0.15) is 4.98 Å². The van der Waals surface area contributed by atoms with Gasteiger partial charge >= 0.3 is 12.0 Å². The number of aromatic nitrogens is 3. The molecule has 3 rings (SSSR count). The van der Waals surface area contributed by atoms with Crippen molar-refractivity contribution in [2.75, 3.05) is 7.11 Å². The van der Waals surface area contributed by atoms with Gasteiger partial charge in [0.1, 0.15) is 5.82 Å². The van der Waals surface area contributed by atoms with Gasteiger partial charge in [0.05, 0.1) is 19.2 Å². The maximum absolute atomic E-state index is 11.4. The van der Waals surface area contributed by atoms with Crippen LogP contribution >= 0.6 is 0 Å². The standard InChI is InChI=1S/C21H21N3O3/c1-3-4-9-19-22-21(27-2)23-24(19)14-15-10-12-16(13-11-15)17-7-5-6-8-18(17)20(25)26/h3-8,10-13H,9,14H2,1-2H3,(H,25,26). The molecule has 1 aromatic heterocycles. The SMILES string of the molecule is CC=CCc1nc(OC)nn1Cc1ccc(-c2ccccc2C(=O)O)cc1. The molecule has 0 saturated heterocycles. The molecule has 0 unspecified atom stereocenters. The Morgan fingerprint density at radius 2 is 1.93 bits per heavy atom. The van der Waals surface area contributed by atoms with E-state index in [-0.39, 0.29) is 0 Å². The molecule has 0 spiro atoms. The third kappa shape index (κ3) is 4.23. The molecule has 0 aliphatic carbocycles. The van der Waals surface area contributed by atoms with E-state index in [0.29, 0.717) is 30.1 Å². The van der Waals surface area contributed by atoms with Crippen LogP contribution in [0.25, 0.3) is 11.1 Å². The summed E-state index contributed by atoms with van der Waals surface area (Å²) in [6.45, 7) is 2.52. The van der Waals surface area contributed by atoms with Gasteiger partial charge in [-0.25, -0.2) is 9.48 Å². The molecule has 0 radical (unpaired) electrons. The van der Waals surface area contributed by atoms with Crippen molar-refractivity contribution in [2.45, 2.75) is 19.9 Å². The molecule has 3 aromatic rings. The zero-order chi connectivity index (χ0) is 19.2. The van der Waals surface area contributed by atoms with Crippen molar-refractivity contribution in [3.63, 3.8) is 0 Å². The number of nitrogens with zero attached hydrogens (tertiary/aromatic N) is 3. The molecular formula is C21H21N3O3. The number of carboxylic acid groups (broad SMARTS) is 1. The number of hydrogen-bond donors (Lipinski definition) is 1. The summed E-state index contributed by atoms with van der Waals surface area (Å²) in [5.41, 5.74) is 2.90. The van der Waals surface area contributed by atoms with E-state index in [2.05, 4.69) is 10.1 Å². The van der Waals surface area contributed by atoms with Gasteiger partial charge in [-0.3, -0.25) is 0 Å². The lowest BCUT2D eigenvalue weighted by Crippen LogP contribution is -2.06. The minimum atomic E-state index is -0.932. The highest BCUT2D eigenvalue weighted by Crippen LogP contribution is 2.24. The van der Waals surface area contributed by atoms with E-state index in [1.165, 1.54) is 0 Å². The van der Waals surface area contributed by atoms with Crippen molar-refractivity contribution in [1.29, 1.82) is 0 Å². The second-order valence-corrected chi connectivity index (χ2v) is 5.99. The Balaban J connectivity index is 1.85. The van der Waals surface area contributed by atoms with Gasteiger partial charge in [-0.1, -0.05) is 54.6 Å². The van der Waals surface area contributed by atoms with Crippen molar-refractivity contribution in [1.82, 2.24) is 14.8 Å². The quantitative estimate of drug-likeness (QED) is 0.646. The van der Waals surface area contributed by atoms with Crippen molar-refractivity contribution in [3.05, 3.63) is 77.6 Å². The first-order valence-corrected chi connectivity index (χ1v) is 8.63. The molecule has 0 aliphatic rings. The van der Waals surface area contributed by atoms with Crippen LogP contribution in [-0.4, -0.2) is 33.0 Å². The molecule has 1 N–H and O–H groups in total. The van der Waals surface area contributed by atoms with Crippen LogP contribution in [0, 0.1) is 0 Å². The van der Waals surface area contributed by atoms with Gasteiger partial charge < -0.3 is 9.84 Å². The summed E-state index contributed by atoms with van der Waals surface area (Å²) in [7, 11) is 1.55. The fourth-order valence-electron chi connectivity index (χ4n) is 2.82. The lowest BCUT2D eigenvalue weighted by molar-refractivity contribution is 0.0697. The topological polar surface area (TPSA) is 77.2 Å². The average molecular weight is 363 g/mol. The number of methoxy groups -OCH3 is 1. The zero-order valence-corrected chi connectivity index (χ0v) is 15.3. The lowest BCUT2D eigenvalue weighted by Gasteiger charge is -2.08. The number of hydrogen-bond acceptors (Lipinski definition) is 4. The number of rotatable bonds is 7. The second-order valence-electron chi connectivity index (χ2n) is 5.99. The molecule has 1 heterocycles. The monoisotopic (exact) mass is 363 g/mol. The van der Waals surface area contributed by atoms with Crippen LogP contribution in [0.1, 0.15) is 28.7 Å². The number of carbonyl (C=O) groups is 1. The van der Waals surface area contributed by atoms with Crippen LogP contribution in [0.3, 0.4) is 0 Å². The first kappa shape index (κ1) is 18.4. The summed E-state index contributed by atoms with van der Waals surface area (Å²) >= 11 is 0. The Bertz CT molecular complexity index is 959. The molecule has 0 bridgehead atoms. The van der Waals surface area contributed by atoms with Crippen LogP contribution < -0.4 is 4.74 Å². The summed E-state index contributed by atoms with van der Waals surface area (Å²) in [4.78, 5) is 15.8. The summed E-state index contributed by atoms with van der Waals surface area (Å²) in [5.74, 6) is -0.108. The van der Waals surface area contributed by atoms with E-state index >= 15 is 0 Å². The average Bonchev–Trinajstić information content (AvgIpc) is 3.08. The fourth-order valence-corrected chi connectivity index (χ4v) is 2.82. The molecule has 138 valence electrons. The maximum atomic E-state index is 11.4. The minimum absolute atomic E-state index is 0.292. The Labute approximate surface area is 157 Å². The highest BCUT2D eigenvalue weighted by atomic mass is 16.5. The summed E-state index contributed by atoms with van der Waals surface area (Å²) in [6.07, 6.45) is 4.67. The first-order valence-electron chi connectivity index (χ1n) is 8.63. The molecule has 0 fully saturated rings. The molecule has 0 saturated carbocycles. The van der Waals surface area contributed by atoms with E-state index in [1.807, 2.05) is 60.2 Å². The molecule has 0 atom stereocenters. The molecule has 2 aromatic carbocycles. The highest BCUT2D eigenvalue weighted by Gasteiger charge is 2.12. The van der Waals surface area contributed by atoms with Crippen LogP contribution in [0.15, 0.2) is 60.7 Å². The first-order chi connectivity index (χ1) is 13.1. The van der Waals surface area contributed by atoms with Gasteiger partial charge in [0.25, 0.3) is 0 Å². The molecule has 0 amide bonds.